The molecule has 2 aromatic rings. The molecule has 1 aliphatic rings. The summed E-state index contributed by atoms with van der Waals surface area (Å²) < 4.78 is 22.4. The first-order valence-electron chi connectivity index (χ1n) is 8.47. The number of hydrogen-bond acceptors (Lipinski definition) is 5. The normalized spacial score (nSPS) is 13.9. The van der Waals surface area contributed by atoms with E-state index in [9.17, 15) is 0 Å². The third-order valence-corrected chi connectivity index (χ3v) is 4.52. The molecule has 3 rings (SSSR count). The Balaban J connectivity index is 1.68. The van der Waals surface area contributed by atoms with E-state index in [1.54, 1.807) is 21.3 Å². The van der Waals surface area contributed by atoms with Crippen LogP contribution in [0.15, 0.2) is 36.4 Å². The zero-order chi connectivity index (χ0) is 17.6. The Morgan fingerprint density at radius 3 is 2.40 bits per heavy atom. The highest BCUT2D eigenvalue weighted by Gasteiger charge is 2.25. The van der Waals surface area contributed by atoms with Crippen LogP contribution in [0.4, 0.5) is 0 Å². The fourth-order valence-electron chi connectivity index (χ4n) is 3.27. The second-order valence-corrected chi connectivity index (χ2v) is 5.97. The standard InChI is InChI=1S/C20H25NO4/c1-22-18-13-15-14-21(11-12-25-16-7-5-4-6-8-16)10-9-17(15)19(23-2)20(18)24-3/h4-8,13H,9-12,14H2,1-3H3. The highest BCUT2D eigenvalue weighted by Crippen LogP contribution is 2.43. The maximum atomic E-state index is 5.81. The Morgan fingerprint density at radius 2 is 1.72 bits per heavy atom. The first kappa shape index (κ1) is 17.4. The van der Waals surface area contributed by atoms with Gasteiger partial charge in [0.1, 0.15) is 12.4 Å². The zero-order valence-electron chi connectivity index (χ0n) is 15.1. The Hall–Kier alpha value is -2.40. The molecule has 0 fully saturated rings. The molecule has 1 aliphatic heterocycles. The number of hydrogen-bond donors (Lipinski definition) is 0. The molecule has 0 spiro atoms. The Labute approximate surface area is 149 Å². The number of ether oxygens (including phenoxy) is 4. The third kappa shape index (κ3) is 3.82. The molecule has 0 saturated heterocycles. The van der Waals surface area contributed by atoms with Crippen LogP contribution in [0.25, 0.3) is 0 Å². The van der Waals surface area contributed by atoms with Crippen molar-refractivity contribution in [3.05, 3.63) is 47.5 Å². The van der Waals surface area contributed by atoms with Gasteiger partial charge in [0.15, 0.2) is 11.5 Å². The second kappa shape index (κ2) is 8.12. The van der Waals surface area contributed by atoms with Crippen molar-refractivity contribution in [3.63, 3.8) is 0 Å². The number of fused-ring (bicyclic) bond motifs is 1. The minimum atomic E-state index is 0.670. The van der Waals surface area contributed by atoms with Crippen LogP contribution in [0.5, 0.6) is 23.0 Å². The number of methoxy groups -OCH3 is 3. The fraction of sp³-hybridized carbons (Fsp3) is 0.400. The van der Waals surface area contributed by atoms with E-state index >= 15 is 0 Å². The van der Waals surface area contributed by atoms with E-state index in [4.69, 9.17) is 18.9 Å². The molecule has 25 heavy (non-hydrogen) atoms. The molecule has 5 heteroatoms. The summed E-state index contributed by atoms with van der Waals surface area (Å²) in [6.45, 7) is 3.37. The van der Waals surface area contributed by atoms with E-state index in [2.05, 4.69) is 11.0 Å². The summed E-state index contributed by atoms with van der Waals surface area (Å²) in [5, 5.41) is 0. The summed E-state index contributed by atoms with van der Waals surface area (Å²) in [5.74, 6) is 3.08. The van der Waals surface area contributed by atoms with Gasteiger partial charge in [0, 0.05) is 25.2 Å². The molecule has 0 aliphatic carbocycles. The zero-order valence-corrected chi connectivity index (χ0v) is 15.1. The van der Waals surface area contributed by atoms with E-state index in [0.29, 0.717) is 18.1 Å². The van der Waals surface area contributed by atoms with Crippen LogP contribution in [0.1, 0.15) is 11.1 Å². The van der Waals surface area contributed by atoms with Crippen LogP contribution in [0.2, 0.25) is 0 Å². The summed E-state index contributed by atoms with van der Waals surface area (Å²) in [6.07, 6.45) is 0.921. The average Bonchev–Trinajstić information content (AvgIpc) is 2.67. The molecule has 134 valence electrons. The quantitative estimate of drug-likeness (QED) is 0.772. The van der Waals surface area contributed by atoms with E-state index < -0.39 is 0 Å². The summed E-state index contributed by atoms with van der Waals surface area (Å²) >= 11 is 0. The highest BCUT2D eigenvalue weighted by molar-refractivity contribution is 5.59. The van der Waals surface area contributed by atoms with E-state index in [-0.39, 0.29) is 0 Å². The summed E-state index contributed by atoms with van der Waals surface area (Å²) in [7, 11) is 4.97. The molecular weight excluding hydrogens is 318 g/mol. The van der Waals surface area contributed by atoms with Gasteiger partial charge < -0.3 is 18.9 Å². The molecule has 0 amide bonds. The summed E-state index contributed by atoms with van der Waals surface area (Å²) in [6, 6.07) is 12.0. The van der Waals surface area contributed by atoms with Crippen molar-refractivity contribution in [2.75, 3.05) is 41.0 Å². The third-order valence-electron chi connectivity index (χ3n) is 4.52. The minimum Gasteiger partial charge on any atom is -0.493 e. The monoisotopic (exact) mass is 343 g/mol. The van der Waals surface area contributed by atoms with Crippen molar-refractivity contribution in [2.45, 2.75) is 13.0 Å². The first-order valence-corrected chi connectivity index (χ1v) is 8.47. The Kier molecular flexibility index (Phi) is 5.66. The molecule has 0 saturated carbocycles. The SMILES string of the molecule is COc1cc2c(c(OC)c1OC)CCN(CCOc1ccccc1)C2. The van der Waals surface area contributed by atoms with Gasteiger partial charge in [0.2, 0.25) is 5.75 Å². The van der Waals surface area contributed by atoms with Crippen LogP contribution in [0, 0.1) is 0 Å². The molecule has 0 unspecified atom stereocenters. The van der Waals surface area contributed by atoms with E-state index in [0.717, 1.165) is 37.6 Å². The van der Waals surface area contributed by atoms with Crippen molar-refractivity contribution in [2.24, 2.45) is 0 Å². The lowest BCUT2D eigenvalue weighted by Gasteiger charge is -2.30. The van der Waals surface area contributed by atoms with Gasteiger partial charge >= 0.3 is 0 Å². The predicted molar refractivity (Wildman–Crippen MR) is 97.0 cm³/mol. The summed E-state index contributed by atoms with van der Waals surface area (Å²) in [4.78, 5) is 2.39. The van der Waals surface area contributed by atoms with Crippen LogP contribution in [0.3, 0.4) is 0 Å². The van der Waals surface area contributed by atoms with Gasteiger partial charge in [-0.3, -0.25) is 4.90 Å². The van der Waals surface area contributed by atoms with Crippen molar-refractivity contribution in [3.8, 4) is 23.0 Å². The number of para-hydroxylation sites is 1. The van der Waals surface area contributed by atoms with E-state index in [1.807, 2.05) is 30.3 Å². The van der Waals surface area contributed by atoms with Gasteiger partial charge in [-0.1, -0.05) is 18.2 Å². The second-order valence-electron chi connectivity index (χ2n) is 5.97. The number of benzene rings is 2. The molecule has 2 aromatic carbocycles. The van der Waals surface area contributed by atoms with Crippen molar-refractivity contribution in [1.29, 1.82) is 0 Å². The van der Waals surface area contributed by atoms with Gasteiger partial charge in [0.05, 0.1) is 21.3 Å². The van der Waals surface area contributed by atoms with Crippen LogP contribution in [-0.4, -0.2) is 45.9 Å². The van der Waals surface area contributed by atoms with Crippen LogP contribution >= 0.6 is 0 Å². The van der Waals surface area contributed by atoms with Gasteiger partial charge in [-0.15, -0.1) is 0 Å². The number of nitrogens with zero attached hydrogens (tertiary/aromatic N) is 1. The maximum absolute atomic E-state index is 5.81. The summed E-state index contributed by atoms with van der Waals surface area (Å²) in [5.41, 5.74) is 2.43. The molecule has 0 atom stereocenters. The Bertz CT molecular complexity index is 703. The van der Waals surface area contributed by atoms with Crippen LogP contribution < -0.4 is 18.9 Å². The van der Waals surface area contributed by atoms with Crippen molar-refractivity contribution >= 4 is 0 Å². The van der Waals surface area contributed by atoms with Crippen molar-refractivity contribution in [1.82, 2.24) is 4.90 Å². The topological polar surface area (TPSA) is 40.2 Å². The van der Waals surface area contributed by atoms with Gasteiger partial charge in [0.25, 0.3) is 0 Å². The maximum Gasteiger partial charge on any atom is 0.203 e. The molecule has 0 radical (unpaired) electrons. The Morgan fingerprint density at radius 1 is 0.960 bits per heavy atom. The van der Waals surface area contributed by atoms with Gasteiger partial charge in [-0.2, -0.15) is 0 Å². The first-order chi connectivity index (χ1) is 12.3. The van der Waals surface area contributed by atoms with E-state index in [1.165, 1.54) is 11.1 Å². The van der Waals surface area contributed by atoms with Crippen LogP contribution in [-0.2, 0) is 13.0 Å². The van der Waals surface area contributed by atoms with Crippen molar-refractivity contribution < 1.29 is 18.9 Å². The molecular formula is C20H25NO4. The lowest BCUT2D eigenvalue weighted by atomic mass is 9.97. The largest absolute Gasteiger partial charge is 0.493 e. The number of rotatable bonds is 7. The highest BCUT2D eigenvalue weighted by atomic mass is 16.5. The van der Waals surface area contributed by atoms with Gasteiger partial charge in [-0.25, -0.2) is 0 Å². The molecule has 5 nitrogen and oxygen atoms in total. The average molecular weight is 343 g/mol. The molecule has 0 N–H and O–H groups in total. The smallest absolute Gasteiger partial charge is 0.203 e. The molecule has 1 heterocycles. The minimum absolute atomic E-state index is 0.670. The van der Waals surface area contributed by atoms with Gasteiger partial charge in [-0.05, 0) is 30.2 Å². The lowest BCUT2D eigenvalue weighted by molar-refractivity contribution is 0.194. The molecule has 0 aromatic heterocycles. The fourth-order valence-corrected chi connectivity index (χ4v) is 3.27. The lowest BCUT2D eigenvalue weighted by Crippen LogP contribution is -2.34. The predicted octanol–water partition coefficient (Wildman–Crippen LogP) is 3.15. The molecule has 0 bridgehead atoms.